The van der Waals surface area contributed by atoms with Crippen molar-refractivity contribution < 1.29 is 9.67 Å². The van der Waals surface area contributed by atoms with E-state index in [9.17, 15) is 5.11 Å². The summed E-state index contributed by atoms with van der Waals surface area (Å²) in [6.45, 7) is 3.63. The molecule has 0 spiro atoms. The van der Waals surface area contributed by atoms with Crippen molar-refractivity contribution in [2.24, 2.45) is 0 Å². The molecule has 4 heteroatoms. The molecule has 0 aliphatic carbocycles. The smallest absolute Gasteiger partial charge is 0.353 e. The predicted octanol–water partition coefficient (Wildman–Crippen LogP) is 4.96. The van der Waals surface area contributed by atoms with E-state index in [1.54, 1.807) is 0 Å². The van der Waals surface area contributed by atoms with Gasteiger partial charge in [0.15, 0.2) is 0 Å². The molecule has 0 saturated heterocycles. The van der Waals surface area contributed by atoms with Crippen LogP contribution in [0.3, 0.4) is 0 Å². The highest BCUT2D eigenvalue weighted by molar-refractivity contribution is 5.37. The third kappa shape index (κ3) is 5.11. The molecule has 4 nitrogen and oxygen atoms in total. The normalized spacial score (nSPS) is 18.4. The fourth-order valence-corrected chi connectivity index (χ4v) is 4.22. The molecule has 1 aromatic heterocycles. The third-order valence-electron chi connectivity index (χ3n) is 5.85. The minimum Gasteiger partial charge on any atom is -0.353 e. The number of nitrogens with zero attached hydrogens (tertiary/aromatic N) is 3. The van der Waals surface area contributed by atoms with Crippen LogP contribution in [0, 0.1) is 0 Å². The summed E-state index contributed by atoms with van der Waals surface area (Å²) in [5.41, 5.74) is -0.0744. The predicted molar refractivity (Wildman–Crippen MR) is 114 cm³/mol. The number of aromatic nitrogens is 2. The van der Waals surface area contributed by atoms with Crippen LogP contribution in [0.15, 0.2) is 48.8 Å². The Balaban J connectivity index is 1.50. The van der Waals surface area contributed by atoms with Crippen LogP contribution in [0.1, 0.15) is 76.7 Å². The van der Waals surface area contributed by atoms with Crippen molar-refractivity contribution in [2.45, 2.75) is 83.4 Å². The number of rotatable bonds is 12. The van der Waals surface area contributed by atoms with Crippen molar-refractivity contribution in [3.05, 3.63) is 54.4 Å². The summed E-state index contributed by atoms with van der Waals surface area (Å²) in [6, 6.07) is 11.9. The molecule has 1 atom stereocenters. The minimum atomic E-state index is -1.01. The Bertz CT molecular complexity index is 706. The van der Waals surface area contributed by atoms with E-state index < -0.39 is 5.72 Å². The maximum absolute atomic E-state index is 11.6. The second kappa shape index (κ2) is 10.6. The summed E-state index contributed by atoms with van der Waals surface area (Å²) < 4.78 is 2.06. The molecule has 2 heterocycles. The number of anilines is 1. The molecule has 0 bridgehead atoms. The largest absolute Gasteiger partial charge is 0.396 e. The fourth-order valence-electron chi connectivity index (χ4n) is 4.22. The molecule has 0 amide bonds. The van der Waals surface area contributed by atoms with Gasteiger partial charge >= 0.3 is 5.95 Å². The average Bonchev–Trinajstić information content (AvgIpc) is 3.03. The van der Waals surface area contributed by atoms with E-state index in [1.807, 2.05) is 48.8 Å². The van der Waals surface area contributed by atoms with E-state index in [1.165, 1.54) is 57.8 Å². The molecule has 0 unspecified atom stereocenters. The number of aliphatic hydroxyl groups is 1. The SMILES string of the molecule is CCCCCCCCCCCCN1c2nccc[n+]2C[C@@]1(O)c1ccccc1. The molecule has 1 N–H and O–H groups in total. The van der Waals surface area contributed by atoms with E-state index in [0.29, 0.717) is 6.54 Å². The van der Waals surface area contributed by atoms with Crippen molar-refractivity contribution in [2.75, 3.05) is 11.4 Å². The van der Waals surface area contributed by atoms with Gasteiger partial charge in [-0.25, -0.2) is 9.47 Å². The van der Waals surface area contributed by atoms with E-state index in [0.717, 1.165) is 24.5 Å². The van der Waals surface area contributed by atoms with Crippen LogP contribution in [0.4, 0.5) is 5.95 Å². The molecular formula is C24H36N3O+. The lowest BCUT2D eigenvalue weighted by molar-refractivity contribution is -0.685. The van der Waals surface area contributed by atoms with Crippen LogP contribution in [-0.4, -0.2) is 16.6 Å². The van der Waals surface area contributed by atoms with Gasteiger partial charge < -0.3 is 5.11 Å². The number of fused-ring (bicyclic) bond motifs is 1. The summed E-state index contributed by atoms with van der Waals surface area (Å²) >= 11 is 0. The fraction of sp³-hybridized carbons (Fsp3) is 0.583. The van der Waals surface area contributed by atoms with Crippen LogP contribution in [0.5, 0.6) is 0 Å². The topological polar surface area (TPSA) is 40.2 Å². The third-order valence-corrected chi connectivity index (χ3v) is 5.85. The van der Waals surface area contributed by atoms with Crippen molar-refractivity contribution in [1.29, 1.82) is 0 Å². The summed E-state index contributed by atoms with van der Waals surface area (Å²) in [4.78, 5) is 6.64. The number of hydrogen-bond donors (Lipinski definition) is 1. The molecular weight excluding hydrogens is 346 g/mol. The van der Waals surface area contributed by atoms with Crippen molar-refractivity contribution in [3.8, 4) is 0 Å². The van der Waals surface area contributed by atoms with Gasteiger partial charge in [0.2, 0.25) is 5.72 Å². The molecule has 1 aromatic carbocycles. The zero-order valence-corrected chi connectivity index (χ0v) is 17.4. The van der Waals surface area contributed by atoms with Crippen molar-refractivity contribution in [1.82, 2.24) is 4.98 Å². The Morgan fingerprint density at radius 1 is 0.929 bits per heavy atom. The maximum Gasteiger partial charge on any atom is 0.396 e. The second-order valence-electron chi connectivity index (χ2n) is 8.06. The molecule has 28 heavy (non-hydrogen) atoms. The lowest BCUT2D eigenvalue weighted by atomic mass is 10.0. The zero-order valence-electron chi connectivity index (χ0n) is 17.4. The van der Waals surface area contributed by atoms with Crippen LogP contribution in [0.2, 0.25) is 0 Å². The van der Waals surface area contributed by atoms with Crippen LogP contribution >= 0.6 is 0 Å². The molecule has 0 fully saturated rings. The first kappa shape index (κ1) is 20.8. The van der Waals surface area contributed by atoms with Crippen molar-refractivity contribution in [3.63, 3.8) is 0 Å². The lowest BCUT2D eigenvalue weighted by Crippen LogP contribution is -2.46. The first-order valence-electron chi connectivity index (χ1n) is 11.2. The Labute approximate surface area is 170 Å². The Hall–Kier alpha value is -1.94. The van der Waals surface area contributed by atoms with E-state index >= 15 is 0 Å². The Morgan fingerprint density at radius 2 is 1.57 bits per heavy atom. The molecule has 1 aliphatic heterocycles. The Morgan fingerprint density at radius 3 is 2.25 bits per heavy atom. The average molecular weight is 383 g/mol. The second-order valence-corrected chi connectivity index (χ2v) is 8.06. The van der Waals surface area contributed by atoms with E-state index in [2.05, 4.69) is 21.4 Å². The van der Waals surface area contributed by atoms with Gasteiger partial charge in [-0.1, -0.05) is 100 Å². The van der Waals surface area contributed by atoms with Crippen molar-refractivity contribution >= 4 is 5.95 Å². The highest BCUT2D eigenvalue weighted by Gasteiger charge is 2.50. The van der Waals surface area contributed by atoms with E-state index in [4.69, 9.17) is 0 Å². The monoisotopic (exact) mass is 382 g/mol. The first-order valence-corrected chi connectivity index (χ1v) is 11.2. The first-order chi connectivity index (χ1) is 13.8. The van der Waals surface area contributed by atoms with Gasteiger partial charge in [0, 0.05) is 11.6 Å². The Kier molecular flexibility index (Phi) is 7.84. The molecule has 152 valence electrons. The van der Waals surface area contributed by atoms with Gasteiger partial charge in [0.1, 0.15) is 12.7 Å². The van der Waals surface area contributed by atoms with Gasteiger partial charge in [-0.15, -0.1) is 0 Å². The van der Waals surface area contributed by atoms with Gasteiger partial charge in [0.05, 0.1) is 12.7 Å². The van der Waals surface area contributed by atoms with Gasteiger partial charge in [-0.05, 0) is 6.42 Å². The molecule has 0 saturated carbocycles. The number of benzene rings is 1. The number of unbranched alkanes of at least 4 members (excludes halogenated alkanes) is 9. The lowest BCUT2D eigenvalue weighted by Gasteiger charge is -2.28. The zero-order chi connectivity index (χ0) is 19.7. The maximum atomic E-state index is 11.6. The van der Waals surface area contributed by atoms with Gasteiger partial charge in [-0.2, -0.15) is 0 Å². The van der Waals surface area contributed by atoms with Gasteiger partial charge in [-0.3, -0.25) is 0 Å². The highest BCUT2D eigenvalue weighted by atomic mass is 16.3. The van der Waals surface area contributed by atoms with E-state index in [-0.39, 0.29) is 0 Å². The van der Waals surface area contributed by atoms with Crippen LogP contribution < -0.4 is 9.47 Å². The summed E-state index contributed by atoms with van der Waals surface area (Å²) in [5, 5.41) is 11.6. The van der Waals surface area contributed by atoms with Gasteiger partial charge in [0.25, 0.3) is 0 Å². The quantitative estimate of drug-likeness (QED) is 0.417. The summed E-state index contributed by atoms with van der Waals surface area (Å²) in [7, 11) is 0. The van der Waals surface area contributed by atoms with Crippen LogP contribution in [0.25, 0.3) is 0 Å². The summed E-state index contributed by atoms with van der Waals surface area (Å²) in [6.07, 6.45) is 17.0. The number of hydrogen-bond acceptors (Lipinski definition) is 3. The molecule has 3 rings (SSSR count). The molecule has 0 radical (unpaired) electrons. The van der Waals surface area contributed by atoms with Crippen LogP contribution in [-0.2, 0) is 12.3 Å². The minimum absolute atomic E-state index is 0.526. The highest BCUT2D eigenvalue weighted by Crippen LogP contribution is 2.33. The summed E-state index contributed by atoms with van der Waals surface area (Å²) in [5.74, 6) is 0.866. The molecule has 2 aromatic rings. The standard InChI is InChI=1S/C24H36N3O/c1-2-3-4-5-6-7-8-9-10-14-20-27-23-25-18-15-19-26(23)21-24(27,28)22-16-12-11-13-17-22/h11-13,15-19,28H,2-10,14,20-21H2,1H3/q+1/t24-/m1/s1. The molecule has 1 aliphatic rings.